The van der Waals surface area contributed by atoms with Crippen molar-refractivity contribution >= 4 is 5.91 Å². The Hall–Kier alpha value is -1.07. The van der Waals surface area contributed by atoms with Crippen molar-refractivity contribution in [2.45, 2.75) is 204 Å². The number of unbranched alkanes of at least 4 members (excludes halogenated alkanes) is 18. The highest BCUT2D eigenvalue weighted by Gasteiger charge is 2.44. The third-order valence-electron chi connectivity index (χ3n) is 9.12. The molecule has 1 heterocycles. The Bertz CT molecular complexity index is 736. The quantitative estimate of drug-likeness (QED) is 0.0394. The number of carbonyl (C=O) groups excluding carboxylic acids is 1. The standard InChI is InChI=1S/C37H71NO8/c1-3-5-7-9-11-13-15-17-19-21-23-25-27-33(41)38-30(29-45-37-36(44)35(43)34(42)32(28-39)46-37)31(40)26-24-22-20-18-16-14-12-10-8-6-4-2/h11,13,30-32,34-37,39-40,42-44H,3-10,12,14-29H2,1-2H3,(H,38,41)/b13-11-. The molecule has 9 heteroatoms. The summed E-state index contributed by atoms with van der Waals surface area (Å²) in [4.78, 5) is 12.8. The van der Waals surface area contributed by atoms with E-state index >= 15 is 0 Å². The summed E-state index contributed by atoms with van der Waals surface area (Å²) in [5.74, 6) is -0.157. The molecule has 272 valence electrons. The number of hydrogen-bond acceptors (Lipinski definition) is 8. The molecule has 1 saturated heterocycles. The fourth-order valence-corrected chi connectivity index (χ4v) is 5.98. The zero-order valence-electron chi connectivity index (χ0n) is 29.3. The van der Waals surface area contributed by atoms with E-state index < -0.39 is 49.5 Å². The molecule has 46 heavy (non-hydrogen) atoms. The molecule has 7 unspecified atom stereocenters. The van der Waals surface area contributed by atoms with Crippen LogP contribution in [0.5, 0.6) is 0 Å². The van der Waals surface area contributed by atoms with Crippen molar-refractivity contribution in [1.29, 1.82) is 0 Å². The van der Waals surface area contributed by atoms with Gasteiger partial charge in [0.15, 0.2) is 6.29 Å². The van der Waals surface area contributed by atoms with E-state index in [0.29, 0.717) is 12.8 Å². The Balaban J connectivity index is 2.45. The topological polar surface area (TPSA) is 149 Å². The van der Waals surface area contributed by atoms with E-state index in [9.17, 15) is 30.3 Å². The highest BCUT2D eigenvalue weighted by Crippen LogP contribution is 2.23. The van der Waals surface area contributed by atoms with Crippen LogP contribution in [0.4, 0.5) is 0 Å². The van der Waals surface area contributed by atoms with Crippen LogP contribution >= 0.6 is 0 Å². The average Bonchev–Trinajstić information content (AvgIpc) is 3.05. The van der Waals surface area contributed by atoms with E-state index in [1.807, 2.05) is 0 Å². The molecule has 0 aromatic carbocycles. The number of allylic oxidation sites excluding steroid dienone is 2. The lowest BCUT2D eigenvalue weighted by Crippen LogP contribution is -2.60. The first-order chi connectivity index (χ1) is 22.3. The number of aliphatic hydroxyl groups excluding tert-OH is 5. The minimum Gasteiger partial charge on any atom is -0.394 e. The lowest BCUT2D eigenvalue weighted by atomic mass is 9.99. The molecule has 1 rings (SSSR count). The van der Waals surface area contributed by atoms with Gasteiger partial charge in [0, 0.05) is 6.42 Å². The van der Waals surface area contributed by atoms with Gasteiger partial charge < -0.3 is 40.3 Å². The summed E-state index contributed by atoms with van der Waals surface area (Å²) >= 11 is 0. The maximum Gasteiger partial charge on any atom is 0.220 e. The third-order valence-corrected chi connectivity index (χ3v) is 9.12. The van der Waals surface area contributed by atoms with Crippen molar-refractivity contribution in [2.75, 3.05) is 13.2 Å². The molecule has 0 spiro atoms. The van der Waals surface area contributed by atoms with Gasteiger partial charge >= 0.3 is 0 Å². The van der Waals surface area contributed by atoms with Gasteiger partial charge in [0.2, 0.25) is 5.91 Å². The number of ether oxygens (including phenoxy) is 2. The highest BCUT2D eigenvalue weighted by molar-refractivity contribution is 5.76. The highest BCUT2D eigenvalue weighted by atomic mass is 16.7. The molecule has 7 atom stereocenters. The van der Waals surface area contributed by atoms with Crippen molar-refractivity contribution < 1.29 is 39.8 Å². The van der Waals surface area contributed by atoms with Gasteiger partial charge in [-0.25, -0.2) is 0 Å². The number of nitrogens with one attached hydrogen (secondary N) is 1. The lowest BCUT2D eigenvalue weighted by Gasteiger charge is -2.40. The average molecular weight is 658 g/mol. The van der Waals surface area contributed by atoms with Crippen LogP contribution < -0.4 is 5.32 Å². The minimum atomic E-state index is -1.55. The summed E-state index contributed by atoms with van der Waals surface area (Å²) in [6.07, 6.45) is 22.2. The summed E-state index contributed by atoms with van der Waals surface area (Å²) in [5.41, 5.74) is 0. The maximum atomic E-state index is 12.8. The van der Waals surface area contributed by atoms with Gasteiger partial charge in [0.1, 0.15) is 24.4 Å². The van der Waals surface area contributed by atoms with Crippen LogP contribution in [-0.4, -0.2) is 87.5 Å². The van der Waals surface area contributed by atoms with Gasteiger partial charge in [0.25, 0.3) is 0 Å². The van der Waals surface area contributed by atoms with E-state index in [0.717, 1.165) is 51.4 Å². The van der Waals surface area contributed by atoms with Crippen molar-refractivity contribution in [3.8, 4) is 0 Å². The summed E-state index contributed by atoms with van der Waals surface area (Å²) in [7, 11) is 0. The van der Waals surface area contributed by atoms with E-state index in [1.165, 1.54) is 83.5 Å². The molecule has 1 amide bonds. The molecule has 9 nitrogen and oxygen atoms in total. The molecular weight excluding hydrogens is 586 g/mol. The normalized spacial score (nSPS) is 23.2. The van der Waals surface area contributed by atoms with E-state index in [1.54, 1.807) is 0 Å². The van der Waals surface area contributed by atoms with Gasteiger partial charge in [-0.05, 0) is 38.5 Å². The number of aliphatic hydroxyl groups is 5. The van der Waals surface area contributed by atoms with Crippen molar-refractivity contribution in [3.63, 3.8) is 0 Å². The molecule has 0 aliphatic carbocycles. The second kappa shape index (κ2) is 28.9. The molecule has 1 aliphatic rings. The molecule has 0 aromatic rings. The molecule has 6 N–H and O–H groups in total. The first kappa shape index (κ1) is 43.0. The van der Waals surface area contributed by atoms with Crippen molar-refractivity contribution in [3.05, 3.63) is 12.2 Å². The number of rotatable bonds is 30. The molecule has 0 bridgehead atoms. The lowest BCUT2D eigenvalue weighted by molar-refractivity contribution is -0.302. The smallest absolute Gasteiger partial charge is 0.220 e. The molecular formula is C37H71NO8. The Morgan fingerprint density at radius 3 is 1.80 bits per heavy atom. The SMILES string of the molecule is CCCCC/C=C\CCCCCCCC(=O)NC(COC1OC(CO)C(O)C(O)C1O)C(O)CCCCCCCCCCCCC. The predicted octanol–water partition coefficient (Wildman–Crippen LogP) is 6.22. The van der Waals surface area contributed by atoms with Crippen LogP contribution in [0, 0.1) is 0 Å². The predicted molar refractivity (Wildman–Crippen MR) is 184 cm³/mol. The van der Waals surface area contributed by atoms with Crippen molar-refractivity contribution in [1.82, 2.24) is 5.32 Å². The van der Waals surface area contributed by atoms with Gasteiger partial charge in [0.05, 0.1) is 25.4 Å². The van der Waals surface area contributed by atoms with Crippen LogP contribution in [-0.2, 0) is 14.3 Å². The van der Waals surface area contributed by atoms with E-state index in [2.05, 4.69) is 31.3 Å². The molecule has 0 saturated carbocycles. The monoisotopic (exact) mass is 658 g/mol. The Morgan fingerprint density at radius 1 is 0.717 bits per heavy atom. The van der Waals surface area contributed by atoms with Gasteiger partial charge in [-0.15, -0.1) is 0 Å². The fourth-order valence-electron chi connectivity index (χ4n) is 5.98. The number of carbonyl (C=O) groups is 1. The Labute approximate surface area is 280 Å². The van der Waals surface area contributed by atoms with Crippen LogP contribution in [0.25, 0.3) is 0 Å². The van der Waals surface area contributed by atoms with Crippen LogP contribution in [0.2, 0.25) is 0 Å². The molecule has 0 radical (unpaired) electrons. The van der Waals surface area contributed by atoms with Crippen molar-refractivity contribution in [2.24, 2.45) is 0 Å². The zero-order valence-corrected chi connectivity index (χ0v) is 29.3. The fraction of sp³-hybridized carbons (Fsp3) is 0.919. The maximum absolute atomic E-state index is 12.8. The summed E-state index contributed by atoms with van der Waals surface area (Å²) < 4.78 is 11.2. The van der Waals surface area contributed by atoms with Crippen LogP contribution in [0.15, 0.2) is 12.2 Å². The second-order valence-corrected chi connectivity index (χ2v) is 13.4. The number of hydrogen-bond donors (Lipinski definition) is 6. The zero-order chi connectivity index (χ0) is 33.8. The van der Waals surface area contributed by atoms with Crippen LogP contribution in [0.3, 0.4) is 0 Å². The Kier molecular flexibility index (Phi) is 27.0. The van der Waals surface area contributed by atoms with Gasteiger partial charge in [-0.1, -0.05) is 129 Å². The van der Waals surface area contributed by atoms with Gasteiger partial charge in [-0.3, -0.25) is 4.79 Å². The molecule has 1 aliphatic heterocycles. The van der Waals surface area contributed by atoms with Gasteiger partial charge in [-0.2, -0.15) is 0 Å². The van der Waals surface area contributed by atoms with E-state index in [4.69, 9.17) is 9.47 Å². The summed E-state index contributed by atoms with van der Waals surface area (Å²) in [6, 6.07) is -0.716. The summed E-state index contributed by atoms with van der Waals surface area (Å²) in [6.45, 7) is 3.76. The van der Waals surface area contributed by atoms with E-state index in [-0.39, 0.29) is 12.5 Å². The third kappa shape index (κ3) is 20.3. The van der Waals surface area contributed by atoms with Crippen LogP contribution in [0.1, 0.15) is 162 Å². The number of amides is 1. The first-order valence-electron chi connectivity index (χ1n) is 18.9. The molecule has 1 fully saturated rings. The minimum absolute atomic E-state index is 0.139. The summed E-state index contributed by atoms with van der Waals surface area (Å²) in [5, 5.41) is 53.9. The largest absolute Gasteiger partial charge is 0.394 e. The Morgan fingerprint density at radius 2 is 1.22 bits per heavy atom. The molecule has 0 aromatic heterocycles. The second-order valence-electron chi connectivity index (χ2n) is 13.4. The first-order valence-corrected chi connectivity index (χ1v) is 18.9.